The van der Waals surface area contributed by atoms with Gasteiger partial charge in [-0.3, -0.25) is 0 Å². The first-order valence-electron chi connectivity index (χ1n) is 6.72. The topological polar surface area (TPSA) is 39.7 Å². The zero-order valence-corrected chi connectivity index (χ0v) is 12.1. The lowest BCUT2D eigenvalue weighted by molar-refractivity contribution is 0.0544. The van der Waals surface area contributed by atoms with Crippen LogP contribution in [-0.2, 0) is 15.9 Å². The molecule has 0 bridgehead atoms. The van der Waals surface area contributed by atoms with Gasteiger partial charge in [0.05, 0.1) is 19.8 Å². The molecule has 1 rings (SSSR count). The molecule has 0 radical (unpaired) electrons. The standard InChI is InChI=1S/C15H25NO3/c1-13(16-2)12-14-4-6-15(7-5-14)19-11-10-18-9-8-17-3/h4-7,13,16H,8-12H2,1-3H3. The average molecular weight is 267 g/mol. The second kappa shape index (κ2) is 9.78. The van der Waals surface area contributed by atoms with E-state index in [9.17, 15) is 0 Å². The van der Waals surface area contributed by atoms with Crippen molar-refractivity contribution < 1.29 is 14.2 Å². The van der Waals surface area contributed by atoms with Crippen LogP contribution >= 0.6 is 0 Å². The molecule has 1 atom stereocenters. The van der Waals surface area contributed by atoms with E-state index in [0.717, 1.165) is 12.2 Å². The van der Waals surface area contributed by atoms with Gasteiger partial charge in [0.1, 0.15) is 12.4 Å². The molecule has 1 aromatic carbocycles. The summed E-state index contributed by atoms with van der Waals surface area (Å²) in [6, 6.07) is 8.71. The molecule has 0 aliphatic rings. The van der Waals surface area contributed by atoms with Crippen LogP contribution in [0.4, 0.5) is 0 Å². The Morgan fingerprint density at radius 3 is 2.37 bits per heavy atom. The molecule has 0 aliphatic heterocycles. The minimum Gasteiger partial charge on any atom is -0.491 e. The summed E-state index contributed by atoms with van der Waals surface area (Å²) in [5, 5.41) is 3.23. The molecule has 0 heterocycles. The Morgan fingerprint density at radius 1 is 1.05 bits per heavy atom. The van der Waals surface area contributed by atoms with Crippen molar-refractivity contribution in [2.75, 3.05) is 40.6 Å². The number of nitrogens with one attached hydrogen (secondary N) is 1. The molecular formula is C15H25NO3. The van der Waals surface area contributed by atoms with Crippen LogP contribution < -0.4 is 10.1 Å². The number of hydrogen-bond acceptors (Lipinski definition) is 4. The lowest BCUT2D eigenvalue weighted by atomic mass is 10.1. The average Bonchev–Trinajstić information content (AvgIpc) is 2.44. The fourth-order valence-electron chi connectivity index (χ4n) is 1.64. The fraction of sp³-hybridized carbons (Fsp3) is 0.600. The van der Waals surface area contributed by atoms with Crippen LogP contribution in [0.5, 0.6) is 5.75 Å². The Bertz CT molecular complexity index is 327. The van der Waals surface area contributed by atoms with Crippen molar-refractivity contribution >= 4 is 0 Å². The van der Waals surface area contributed by atoms with E-state index < -0.39 is 0 Å². The van der Waals surface area contributed by atoms with E-state index in [4.69, 9.17) is 14.2 Å². The number of methoxy groups -OCH3 is 1. The van der Waals surface area contributed by atoms with Gasteiger partial charge in [0.2, 0.25) is 0 Å². The molecule has 19 heavy (non-hydrogen) atoms. The molecule has 1 unspecified atom stereocenters. The van der Waals surface area contributed by atoms with Crippen LogP contribution in [0, 0.1) is 0 Å². The minimum absolute atomic E-state index is 0.487. The molecule has 0 aromatic heterocycles. The smallest absolute Gasteiger partial charge is 0.119 e. The molecule has 4 nitrogen and oxygen atoms in total. The third-order valence-electron chi connectivity index (χ3n) is 2.89. The van der Waals surface area contributed by atoms with Crippen LogP contribution in [-0.4, -0.2) is 46.6 Å². The van der Waals surface area contributed by atoms with Crippen LogP contribution in [0.25, 0.3) is 0 Å². The van der Waals surface area contributed by atoms with Crippen LogP contribution in [0.15, 0.2) is 24.3 Å². The van der Waals surface area contributed by atoms with Crippen molar-refractivity contribution in [2.24, 2.45) is 0 Å². The fourth-order valence-corrected chi connectivity index (χ4v) is 1.64. The highest BCUT2D eigenvalue weighted by Crippen LogP contribution is 2.13. The van der Waals surface area contributed by atoms with Gasteiger partial charge in [-0.15, -0.1) is 0 Å². The molecule has 0 fully saturated rings. The molecule has 1 aromatic rings. The summed E-state index contributed by atoms with van der Waals surface area (Å²) in [5.74, 6) is 0.885. The maximum Gasteiger partial charge on any atom is 0.119 e. The Hall–Kier alpha value is -1.10. The number of likely N-dealkylation sites (N-methyl/N-ethyl adjacent to an activating group) is 1. The van der Waals surface area contributed by atoms with Gasteiger partial charge in [0.25, 0.3) is 0 Å². The molecule has 0 aliphatic carbocycles. The van der Waals surface area contributed by atoms with E-state index in [1.54, 1.807) is 7.11 Å². The normalized spacial score (nSPS) is 12.4. The first kappa shape index (κ1) is 16.0. The summed E-state index contributed by atoms with van der Waals surface area (Å²) >= 11 is 0. The zero-order valence-electron chi connectivity index (χ0n) is 12.1. The summed E-state index contributed by atoms with van der Waals surface area (Å²) in [6.45, 7) is 4.55. The molecule has 0 saturated carbocycles. The van der Waals surface area contributed by atoms with Gasteiger partial charge >= 0.3 is 0 Å². The number of hydrogen-bond donors (Lipinski definition) is 1. The quantitative estimate of drug-likeness (QED) is 0.657. The van der Waals surface area contributed by atoms with Gasteiger partial charge in [-0.2, -0.15) is 0 Å². The van der Waals surface area contributed by atoms with Crippen LogP contribution in [0.2, 0.25) is 0 Å². The van der Waals surface area contributed by atoms with Gasteiger partial charge < -0.3 is 19.5 Å². The minimum atomic E-state index is 0.487. The summed E-state index contributed by atoms with van der Waals surface area (Å²) < 4.78 is 15.8. The van der Waals surface area contributed by atoms with Gasteiger partial charge in [0.15, 0.2) is 0 Å². The van der Waals surface area contributed by atoms with Gasteiger partial charge in [0, 0.05) is 13.2 Å². The Balaban J connectivity index is 2.21. The van der Waals surface area contributed by atoms with Crippen molar-refractivity contribution in [1.82, 2.24) is 5.32 Å². The largest absolute Gasteiger partial charge is 0.491 e. The van der Waals surface area contributed by atoms with Gasteiger partial charge in [-0.1, -0.05) is 12.1 Å². The first-order valence-corrected chi connectivity index (χ1v) is 6.72. The highest BCUT2D eigenvalue weighted by Gasteiger charge is 2.01. The summed E-state index contributed by atoms with van der Waals surface area (Å²) in [7, 11) is 3.64. The van der Waals surface area contributed by atoms with E-state index >= 15 is 0 Å². The predicted octanol–water partition coefficient (Wildman–Crippen LogP) is 1.88. The second-order valence-electron chi connectivity index (χ2n) is 4.49. The zero-order chi connectivity index (χ0) is 13.9. The van der Waals surface area contributed by atoms with Crippen LogP contribution in [0.1, 0.15) is 12.5 Å². The number of ether oxygens (including phenoxy) is 3. The third-order valence-corrected chi connectivity index (χ3v) is 2.89. The van der Waals surface area contributed by atoms with E-state index in [-0.39, 0.29) is 0 Å². The Labute approximate surface area is 116 Å². The van der Waals surface area contributed by atoms with E-state index in [0.29, 0.717) is 32.5 Å². The Morgan fingerprint density at radius 2 is 1.74 bits per heavy atom. The molecule has 4 heteroatoms. The number of rotatable bonds is 10. The Kier molecular flexibility index (Phi) is 8.21. The summed E-state index contributed by atoms with van der Waals surface area (Å²) in [4.78, 5) is 0. The van der Waals surface area contributed by atoms with Crippen molar-refractivity contribution in [2.45, 2.75) is 19.4 Å². The number of benzene rings is 1. The highest BCUT2D eigenvalue weighted by atomic mass is 16.5. The summed E-state index contributed by atoms with van der Waals surface area (Å²) in [5.41, 5.74) is 1.31. The predicted molar refractivity (Wildman–Crippen MR) is 76.9 cm³/mol. The lowest BCUT2D eigenvalue weighted by Crippen LogP contribution is -2.23. The van der Waals surface area contributed by atoms with E-state index in [1.807, 2.05) is 19.2 Å². The maximum absolute atomic E-state index is 5.59. The van der Waals surface area contributed by atoms with Crippen LogP contribution in [0.3, 0.4) is 0 Å². The van der Waals surface area contributed by atoms with Crippen molar-refractivity contribution in [3.05, 3.63) is 29.8 Å². The monoisotopic (exact) mass is 267 g/mol. The molecular weight excluding hydrogens is 242 g/mol. The first-order chi connectivity index (χ1) is 9.26. The molecule has 1 N–H and O–H groups in total. The SMILES string of the molecule is CNC(C)Cc1ccc(OCCOCCOC)cc1. The lowest BCUT2D eigenvalue weighted by Gasteiger charge is -2.11. The highest BCUT2D eigenvalue weighted by molar-refractivity contribution is 5.27. The van der Waals surface area contributed by atoms with Crippen molar-refractivity contribution in [1.29, 1.82) is 0 Å². The van der Waals surface area contributed by atoms with E-state index in [1.165, 1.54) is 5.56 Å². The maximum atomic E-state index is 5.59. The molecule has 0 amide bonds. The molecule has 108 valence electrons. The molecule has 0 spiro atoms. The second-order valence-corrected chi connectivity index (χ2v) is 4.49. The van der Waals surface area contributed by atoms with Crippen molar-refractivity contribution in [3.8, 4) is 5.75 Å². The third kappa shape index (κ3) is 7.15. The molecule has 0 saturated heterocycles. The van der Waals surface area contributed by atoms with Crippen molar-refractivity contribution in [3.63, 3.8) is 0 Å². The summed E-state index contributed by atoms with van der Waals surface area (Å²) in [6.07, 6.45) is 1.02. The van der Waals surface area contributed by atoms with Gasteiger partial charge in [-0.25, -0.2) is 0 Å². The van der Waals surface area contributed by atoms with Gasteiger partial charge in [-0.05, 0) is 38.1 Å². The van der Waals surface area contributed by atoms with E-state index in [2.05, 4.69) is 24.4 Å².